The fraction of sp³-hybridized carbons (Fsp3) is 0.533. The van der Waals surface area contributed by atoms with Gasteiger partial charge in [-0.1, -0.05) is 25.7 Å². The molecule has 0 radical (unpaired) electrons. The molecule has 106 valence electrons. The zero-order chi connectivity index (χ0) is 13.9. The molecule has 2 aromatic heterocycles. The molecule has 2 N–H and O–H groups in total. The summed E-state index contributed by atoms with van der Waals surface area (Å²) in [4.78, 5) is 9.21. The van der Waals surface area contributed by atoms with Crippen LogP contribution in [0.15, 0.2) is 18.5 Å². The standard InChI is InChI=1S/C15H21N5/c1-20-10-12(9-17-20)13-8-14(16)19-15(18-13)11-6-4-2-3-5-7-11/h8-11H,2-7H2,1H3,(H2,16,18,19). The Morgan fingerprint density at radius 1 is 1.15 bits per heavy atom. The van der Waals surface area contributed by atoms with Gasteiger partial charge in [0, 0.05) is 30.8 Å². The quantitative estimate of drug-likeness (QED) is 0.853. The predicted molar refractivity (Wildman–Crippen MR) is 79.1 cm³/mol. The van der Waals surface area contributed by atoms with Crippen LogP contribution in [0.3, 0.4) is 0 Å². The van der Waals surface area contributed by atoms with Crippen LogP contribution in [0.2, 0.25) is 0 Å². The zero-order valence-corrected chi connectivity index (χ0v) is 11.9. The molecule has 3 rings (SSSR count). The maximum Gasteiger partial charge on any atom is 0.134 e. The summed E-state index contributed by atoms with van der Waals surface area (Å²) < 4.78 is 1.78. The molecule has 0 unspecified atom stereocenters. The van der Waals surface area contributed by atoms with Gasteiger partial charge in [-0.25, -0.2) is 9.97 Å². The fourth-order valence-electron chi connectivity index (χ4n) is 2.91. The third-order valence-electron chi connectivity index (χ3n) is 3.98. The van der Waals surface area contributed by atoms with Crippen molar-refractivity contribution < 1.29 is 0 Å². The van der Waals surface area contributed by atoms with Crippen molar-refractivity contribution >= 4 is 5.82 Å². The third kappa shape index (κ3) is 2.81. The molecule has 0 spiro atoms. The van der Waals surface area contributed by atoms with Crippen LogP contribution in [0.5, 0.6) is 0 Å². The minimum Gasteiger partial charge on any atom is -0.384 e. The van der Waals surface area contributed by atoms with Gasteiger partial charge in [-0.3, -0.25) is 4.68 Å². The SMILES string of the molecule is Cn1cc(-c2cc(N)nc(C3CCCCCC3)n2)cn1. The van der Waals surface area contributed by atoms with E-state index in [0.717, 1.165) is 17.1 Å². The molecule has 1 aliphatic rings. The molecule has 0 amide bonds. The van der Waals surface area contributed by atoms with Gasteiger partial charge < -0.3 is 5.73 Å². The summed E-state index contributed by atoms with van der Waals surface area (Å²) in [6, 6.07) is 1.83. The number of aryl methyl sites for hydroxylation is 1. The van der Waals surface area contributed by atoms with Crippen molar-refractivity contribution in [1.29, 1.82) is 0 Å². The first-order valence-corrected chi connectivity index (χ1v) is 7.36. The van der Waals surface area contributed by atoms with E-state index in [2.05, 4.69) is 10.1 Å². The van der Waals surface area contributed by atoms with Crippen molar-refractivity contribution in [1.82, 2.24) is 19.7 Å². The maximum absolute atomic E-state index is 5.97. The van der Waals surface area contributed by atoms with E-state index in [-0.39, 0.29) is 0 Å². The second-order valence-electron chi connectivity index (χ2n) is 5.63. The second-order valence-corrected chi connectivity index (χ2v) is 5.63. The Balaban J connectivity index is 1.93. The predicted octanol–water partition coefficient (Wildman–Crippen LogP) is 2.90. The average molecular weight is 271 g/mol. The molecule has 5 nitrogen and oxygen atoms in total. The number of anilines is 1. The van der Waals surface area contributed by atoms with E-state index in [1.807, 2.05) is 25.5 Å². The maximum atomic E-state index is 5.97. The number of rotatable bonds is 2. The molecule has 20 heavy (non-hydrogen) atoms. The van der Waals surface area contributed by atoms with E-state index < -0.39 is 0 Å². The van der Waals surface area contributed by atoms with Crippen molar-refractivity contribution in [2.75, 3.05) is 5.73 Å². The summed E-state index contributed by atoms with van der Waals surface area (Å²) in [5.41, 5.74) is 7.85. The normalized spacial score (nSPS) is 17.1. The molecule has 0 aliphatic heterocycles. The van der Waals surface area contributed by atoms with Crippen LogP contribution in [0.4, 0.5) is 5.82 Å². The van der Waals surface area contributed by atoms with Crippen LogP contribution in [-0.4, -0.2) is 19.7 Å². The summed E-state index contributed by atoms with van der Waals surface area (Å²) in [6.45, 7) is 0. The van der Waals surface area contributed by atoms with Crippen LogP contribution in [0, 0.1) is 0 Å². The number of nitrogens with two attached hydrogens (primary N) is 1. The van der Waals surface area contributed by atoms with E-state index in [1.54, 1.807) is 4.68 Å². The summed E-state index contributed by atoms with van der Waals surface area (Å²) >= 11 is 0. The Kier molecular flexibility index (Phi) is 3.67. The number of nitrogen functional groups attached to an aromatic ring is 1. The fourth-order valence-corrected chi connectivity index (χ4v) is 2.91. The molecule has 0 saturated heterocycles. The first-order valence-electron chi connectivity index (χ1n) is 7.36. The van der Waals surface area contributed by atoms with Crippen LogP contribution in [0.25, 0.3) is 11.3 Å². The van der Waals surface area contributed by atoms with Crippen molar-refractivity contribution in [3.8, 4) is 11.3 Å². The van der Waals surface area contributed by atoms with E-state index in [9.17, 15) is 0 Å². The lowest BCUT2D eigenvalue weighted by Gasteiger charge is -2.13. The molecule has 1 aliphatic carbocycles. The van der Waals surface area contributed by atoms with Gasteiger partial charge >= 0.3 is 0 Å². The number of aromatic nitrogens is 4. The van der Waals surface area contributed by atoms with Crippen molar-refractivity contribution in [3.05, 3.63) is 24.3 Å². The molecular formula is C15H21N5. The molecule has 0 aromatic carbocycles. The second kappa shape index (κ2) is 5.61. The molecule has 2 aromatic rings. The summed E-state index contributed by atoms with van der Waals surface area (Å²) in [7, 11) is 1.90. The van der Waals surface area contributed by atoms with Gasteiger partial charge in [0.25, 0.3) is 0 Å². The van der Waals surface area contributed by atoms with Crippen LogP contribution in [0.1, 0.15) is 50.3 Å². The summed E-state index contributed by atoms with van der Waals surface area (Å²) in [5, 5.41) is 4.20. The molecule has 5 heteroatoms. The smallest absolute Gasteiger partial charge is 0.134 e. The number of hydrogen-bond donors (Lipinski definition) is 1. The van der Waals surface area contributed by atoms with E-state index in [4.69, 9.17) is 10.7 Å². The topological polar surface area (TPSA) is 69.6 Å². The van der Waals surface area contributed by atoms with E-state index in [0.29, 0.717) is 11.7 Å². The van der Waals surface area contributed by atoms with Gasteiger partial charge in [0.05, 0.1) is 11.9 Å². The Labute approximate surface area is 119 Å². The average Bonchev–Trinajstić information content (AvgIpc) is 2.71. The lowest BCUT2D eigenvalue weighted by molar-refractivity contribution is 0.562. The highest BCUT2D eigenvalue weighted by atomic mass is 15.2. The summed E-state index contributed by atoms with van der Waals surface area (Å²) in [5.74, 6) is 1.92. The van der Waals surface area contributed by atoms with Crippen LogP contribution in [-0.2, 0) is 7.05 Å². The molecule has 1 saturated carbocycles. The Bertz CT molecular complexity index is 582. The van der Waals surface area contributed by atoms with Gasteiger partial charge in [-0.05, 0) is 12.8 Å². The van der Waals surface area contributed by atoms with Crippen LogP contribution >= 0.6 is 0 Å². The number of nitrogens with zero attached hydrogens (tertiary/aromatic N) is 4. The van der Waals surface area contributed by atoms with Gasteiger partial charge in [-0.2, -0.15) is 5.10 Å². The molecule has 0 atom stereocenters. The minimum absolute atomic E-state index is 0.455. The minimum atomic E-state index is 0.455. The van der Waals surface area contributed by atoms with Gasteiger partial charge in [0.1, 0.15) is 11.6 Å². The highest BCUT2D eigenvalue weighted by molar-refractivity contribution is 5.60. The highest BCUT2D eigenvalue weighted by Gasteiger charge is 2.18. The van der Waals surface area contributed by atoms with E-state index >= 15 is 0 Å². The number of hydrogen-bond acceptors (Lipinski definition) is 4. The zero-order valence-electron chi connectivity index (χ0n) is 11.9. The summed E-state index contributed by atoms with van der Waals surface area (Å²) in [6.07, 6.45) is 11.3. The van der Waals surface area contributed by atoms with Crippen molar-refractivity contribution in [3.63, 3.8) is 0 Å². The molecule has 2 heterocycles. The van der Waals surface area contributed by atoms with Crippen molar-refractivity contribution in [2.24, 2.45) is 7.05 Å². The molecular weight excluding hydrogens is 250 g/mol. The van der Waals surface area contributed by atoms with Crippen molar-refractivity contribution in [2.45, 2.75) is 44.4 Å². The van der Waals surface area contributed by atoms with Gasteiger partial charge in [0.2, 0.25) is 0 Å². The largest absolute Gasteiger partial charge is 0.384 e. The van der Waals surface area contributed by atoms with Gasteiger partial charge in [0.15, 0.2) is 0 Å². The lowest BCUT2D eigenvalue weighted by atomic mass is 9.99. The van der Waals surface area contributed by atoms with Gasteiger partial charge in [-0.15, -0.1) is 0 Å². The first kappa shape index (κ1) is 13.1. The van der Waals surface area contributed by atoms with Crippen LogP contribution < -0.4 is 5.73 Å². The lowest BCUT2D eigenvalue weighted by Crippen LogP contribution is -2.07. The highest BCUT2D eigenvalue weighted by Crippen LogP contribution is 2.31. The Morgan fingerprint density at radius 3 is 2.55 bits per heavy atom. The Morgan fingerprint density at radius 2 is 1.90 bits per heavy atom. The van der Waals surface area contributed by atoms with E-state index in [1.165, 1.54) is 38.5 Å². The monoisotopic (exact) mass is 271 g/mol. The Hall–Kier alpha value is -1.91. The third-order valence-corrected chi connectivity index (χ3v) is 3.98. The first-order chi connectivity index (χ1) is 9.72. The molecule has 0 bridgehead atoms. The molecule has 1 fully saturated rings.